The first-order valence-electron chi connectivity index (χ1n) is 15.9. The Balaban J connectivity index is 0.000000879. The van der Waals surface area contributed by atoms with Crippen LogP contribution < -0.4 is 33.0 Å². The smallest absolute Gasteiger partial charge is 0.485 e. The zero-order valence-corrected chi connectivity index (χ0v) is 32.9. The zero-order valence-electron chi connectivity index (χ0n) is 30.5. The summed E-state index contributed by atoms with van der Waals surface area (Å²) in [6, 6.07) is 13.5. The second-order valence-electron chi connectivity index (χ2n) is 10.9. The molecule has 4 rings (SSSR count). The van der Waals surface area contributed by atoms with E-state index in [1.807, 2.05) is 83.7 Å². The summed E-state index contributed by atoms with van der Waals surface area (Å²) in [6.07, 6.45) is 1.16. The maximum atomic E-state index is 12.8. The molecule has 1 aliphatic rings. The Morgan fingerprint density at radius 2 is 1.43 bits per heavy atom. The fourth-order valence-corrected chi connectivity index (χ4v) is 8.26. The first kappa shape index (κ1) is 44.1. The molecule has 1 saturated heterocycles. The van der Waals surface area contributed by atoms with Gasteiger partial charge in [-0.3, -0.25) is 4.79 Å². The van der Waals surface area contributed by atoms with Gasteiger partial charge in [0.15, 0.2) is 39.3 Å². The Labute approximate surface area is 319 Å². The monoisotopic (exact) mass is 822 g/mol. The molecule has 0 radical (unpaired) electrons. The second-order valence-corrected chi connectivity index (χ2v) is 15.1. The number of carbonyl (C=O) groups is 2. The highest BCUT2D eigenvalue weighted by Crippen LogP contribution is 2.58. The van der Waals surface area contributed by atoms with Crippen molar-refractivity contribution in [2.24, 2.45) is 0 Å². The van der Waals surface area contributed by atoms with Crippen molar-refractivity contribution in [2.75, 3.05) is 54.5 Å². The Kier molecular flexibility index (Phi) is 16.2. The number of alkyl halides is 3. The van der Waals surface area contributed by atoms with E-state index in [2.05, 4.69) is 0 Å². The number of thioether (sulfide) groups is 2. The SMILES string of the molecule is CC[n+]1ccccc1CN(C(C)=O)C(=O)OCCOc1c(OC)cc([C@H]2SC[C@H](c3cc(OC)c(OC)c(OC)c3)S2)cc1OC.O=S(=O)([O-])C(F)(F)F. The van der Waals surface area contributed by atoms with Crippen molar-refractivity contribution in [3.8, 4) is 34.5 Å². The summed E-state index contributed by atoms with van der Waals surface area (Å²) < 4.78 is 100. The summed E-state index contributed by atoms with van der Waals surface area (Å²) in [6.45, 7) is 4.09. The summed E-state index contributed by atoms with van der Waals surface area (Å²) in [4.78, 5) is 26.2. The largest absolute Gasteiger partial charge is 0.741 e. The number of halogens is 3. The molecular weight excluding hydrogens is 782 g/mol. The normalized spacial score (nSPS) is 15.3. The molecule has 0 N–H and O–H groups in total. The van der Waals surface area contributed by atoms with Gasteiger partial charge in [0.25, 0.3) is 0 Å². The highest BCUT2D eigenvalue weighted by molar-refractivity contribution is 8.19. The molecule has 1 aromatic heterocycles. The number of aryl methyl sites for hydroxylation is 1. The minimum Gasteiger partial charge on any atom is -0.741 e. The number of hydrogen-bond donors (Lipinski definition) is 0. The minimum atomic E-state index is -6.09. The van der Waals surface area contributed by atoms with E-state index in [1.165, 1.54) is 6.92 Å². The van der Waals surface area contributed by atoms with Crippen molar-refractivity contribution in [1.82, 2.24) is 4.90 Å². The lowest BCUT2D eigenvalue weighted by Gasteiger charge is -2.20. The highest BCUT2D eigenvalue weighted by Gasteiger charge is 2.37. The predicted octanol–water partition coefficient (Wildman–Crippen LogP) is 5.87. The second kappa shape index (κ2) is 19.9. The van der Waals surface area contributed by atoms with Gasteiger partial charge >= 0.3 is 11.6 Å². The average molecular weight is 823 g/mol. The number of carbonyl (C=O) groups excluding carboxylic acids is 2. The van der Waals surface area contributed by atoms with Gasteiger partial charge < -0.3 is 37.7 Å². The Hall–Kier alpha value is -4.27. The molecule has 20 heteroatoms. The third-order valence-electron chi connectivity index (χ3n) is 7.64. The molecule has 54 heavy (non-hydrogen) atoms. The fourth-order valence-electron chi connectivity index (χ4n) is 5.00. The third kappa shape index (κ3) is 11.4. The van der Waals surface area contributed by atoms with Crippen LogP contribution in [0.25, 0.3) is 0 Å². The topological polar surface area (TPSA) is 163 Å². The lowest BCUT2D eigenvalue weighted by atomic mass is 10.1. The van der Waals surface area contributed by atoms with Crippen LogP contribution in [0.2, 0.25) is 0 Å². The van der Waals surface area contributed by atoms with Gasteiger partial charge in [0.1, 0.15) is 26.3 Å². The Morgan fingerprint density at radius 1 is 0.889 bits per heavy atom. The van der Waals surface area contributed by atoms with E-state index in [4.69, 9.17) is 46.1 Å². The molecule has 0 saturated carbocycles. The van der Waals surface area contributed by atoms with Crippen LogP contribution in [0.3, 0.4) is 0 Å². The van der Waals surface area contributed by atoms with Crippen LogP contribution in [0.5, 0.6) is 34.5 Å². The van der Waals surface area contributed by atoms with Gasteiger partial charge in [-0.1, -0.05) is 6.07 Å². The van der Waals surface area contributed by atoms with E-state index >= 15 is 0 Å². The maximum Gasteiger partial charge on any atom is 0.485 e. The molecule has 0 unspecified atom stereocenters. The van der Waals surface area contributed by atoms with Crippen molar-refractivity contribution < 1.29 is 73.5 Å². The van der Waals surface area contributed by atoms with Gasteiger partial charge in [-0.25, -0.2) is 22.7 Å². The first-order valence-corrected chi connectivity index (χ1v) is 19.3. The number of benzene rings is 2. The molecule has 2 atom stereocenters. The molecule has 2 amide bonds. The number of amides is 2. The molecule has 3 aromatic rings. The summed E-state index contributed by atoms with van der Waals surface area (Å²) in [5.41, 5.74) is -2.73. The van der Waals surface area contributed by atoms with Gasteiger partial charge in [-0.15, -0.1) is 23.5 Å². The quantitative estimate of drug-likeness (QED) is 0.0821. The molecular formula is C34H41F3N2O12S3. The summed E-state index contributed by atoms with van der Waals surface area (Å²) in [7, 11) is 1.85. The molecule has 298 valence electrons. The van der Waals surface area contributed by atoms with Crippen LogP contribution in [0.4, 0.5) is 18.0 Å². The molecule has 2 aromatic carbocycles. The molecule has 2 heterocycles. The summed E-state index contributed by atoms with van der Waals surface area (Å²) in [5, 5.41) is 0.190. The fraction of sp³-hybridized carbons (Fsp3) is 0.441. The number of rotatable bonds is 14. The van der Waals surface area contributed by atoms with E-state index in [9.17, 15) is 22.8 Å². The van der Waals surface area contributed by atoms with E-state index in [-0.39, 0.29) is 29.6 Å². The van der Waals surface area contributed by atoms with Gasteiger partial charge in [0.05, 0.1) is 40.1 Å². The van der Waals surface area contributed by atoms with Crippen molar-refractivity contribution >= 4 is 45.6 Å². The van der Waals surface area contributed by atoms with Crippen LogP contribution in [-0.2, 0) is 32.7 Å². The number of ether oxygens (including phenoxy) is 7. The molecule has 14 nitrogen and oxygen atoms in total. The summed E-state index contributed by atoms with van der Waals surface area (Å²) in [5.74, 6) is 3.67. The van der Waals surface area contributed by atoms with Crippen molar-refractivity contribution in [2.45, 2.75) is 42.3 Å². The number of methoxy groups -OCH3 is 5. The highest BCUT2D eigenvalue weighted by atomic mass is 32.2. The predicted molar refractivity (Wildman–Crippen MR) is 192 cm³/mol. The van der Waals surface area contributed by atoms with Gasteiger partial charge in [0, 0.05) is 30.1 Å². The maximum absolute atomic E-state index is 12.8. The van der Waals surface area contributed by atoms with Gasteiger partial charge in [-0.2, -0.15) is 13.2 Å². The number of pyridine rings is 1. The van der Waals surface area contributed by atoms with Crippen molar-refractivity contribution in [3.05, 3.63) is 65.5 Å². The summed E-state index contributed by atoms with van der Waals surface area (Å²) >= 11 is 3.63. The molecule has 0 spiro atoms. The van der Waals surface area contributed by atoms with E-state index in [1.54, 1.807) is 35.5 Å². The van der Waals surface area contributed by atoms with E-state index < -0.39 is 27.6 Å². The number of hydrogen-bond acceptors (Lipinski definition) is 14. The lowest BCUT2D eigenvalue weighted by Crippen LogP contribution is -2.43. The first-order chi connectivity index (χ1) is 25.5. The average Bonchev–Trinajstić information content (AvgIpc) is 3.64. The van der Waals surface area contributed by atoms with Crippen LogP contribution in [-0.4, -0.2) is 89.9 Å². The van der Waals surface area contributed by atoms with Crippen LogP contribution in [0.15, 0.2) is 48.7 Å². The number of imide groups is 1. The minimum absolute atomic E-state index is 0.0278. The Bertz CT molecular complexity index is 1810. The molecule has 1 fully saturated rings. The van der Waals surface area contributed by atoms with Crippen LogP contribution in [0, 0.1) is 0 Å². The molecule has 0 aliphatic carbocycles. The zero-order chi connectivity index (χ0) is 40.2. The molecule has 0 bridgehead atoms. The van der Waals surface area contributed by atoms with Gasteiger partial charge in [0.2, 0.25) is 23.1 Å². The standard InChI is InChI=1S/C33H41N2O9S2.CHF3O3S/c1-8-34-12-10-9-11-24(34)19-35(21(2)36)33(37)44-14-13-43-31-27(40-5)17-23(18-28(31)41-6)32-45-20-29(46-32)22-15-25(38-3)30(42-7)26(16-22)39-4;2-1(3,4)8(5,6)7/h9-12,15-18,29,32H,8,13-14,19-20H2,1-7H3;(H,5,6,7)/q+1;/p-1/t29-,32+;/m1./s1. The number of aromatic nitrogens is 1. The molecule has 1 aliphatic heterocycles. The number of nitrogens with zero attached hydrogens (tertiary/aromatic N) is 2. The lowest BCUT2D eigenvalue weighted by molar-refractivity contribution is -0.701. The third-order valence-corrected chi connectivity index (χ3v) is 11.5. The Morgan fingerprint density at radius 3 is 1.91 bits per heavy atom. The van der Waals surface area contributed by atoms with E-state index in [0.29, 0.717) is 41.0 Å². The van der Waals surface area contributed by atoms with Crippen molar-refractivity contribution in [1.29, 1.82) is 0 Å². The van der Waals surface area contributed by atoms with Crippen LogP contribution >= 0.6 is 23.5 Å². The van der Waals surface area contributed by atoms with Crippen molar-refractivity contribution in [3.63, 3.8) is 0 Å². The van der Waals surface area contributed by atoms with Crippen LogP contribution in [0.1, 0.15) is 40.5 Å². The van der Waals surface area contributed by atoms with E-state index in [0.717, 1.165) is 27.5 Å². The van der Waals surface area contributed by atoms with Gasteiger partial charge in [-0.05, 0) is 42.3 Å².